The van der Waals surface area contributed by atoms with Gasteiger partial charge in [0.25, 0.3) is 0 Å². The minimum absolute atomic E-state index is 0.265. The maximum absolute atomic E-state index is 9.07. The van der Waals surface area contributed by atoms with Crippen LogP contribution in [-0.2, 0) is 0 Å². The molecular formula is C16H18N2O. The Hall–Kier alpha value is -2.05. The van der Waals surface area contributed by atoms with Gasteiger partial charge >= 0.3 is 0 Å². The second kappa shape index (κ2) is 6.21. The smallest absolute Gasteiger partial charge is 0.130 e. The third-order valence-electron chi connectivity index (χ3n) is 2.85. The average molecular weight is 254 g/mol. The number of ether oxygens (including phenoxy) is 1. The van der Waals surface area contributed by atoms with Crippen LogP contribution in [0.4, 0.5) is 0 Å². The van der Waals surface area contributed by atoms with Gasteiger partial charge in [-0.1, -0.05) is 36.4 Å². The molecule has 2 rings (SSSR count). The van der Waals surface area contributed by atoms with E-state index in [-0.39, 0.29) is 12.1 Å². The van der Waals surface area contributed by atoms with Crippen molar-refractivity contribution >= 4 is 10.8 Å². The van der Waals surface area contributed by atoms with Gasteiger partial charge < -0.3 is 4.74 Å². The fourth-order valence-electron chi connectivity index (χ4n) is 2.02. The largest absolute Gasteiger partial charge is 0.490 e. The molecule has 0 amide bonds. The maximum atomic E-state index is 9.07. The van der Waals surface area contributed by atoms with E-state index < -0.39 is 0 Å². The summed E-state index contributed by atoms with van der Waals surface area (Å²) in [6.07, 6.45) is 0. The summed E-state index contributed by atoms with van der Waals surface area (Å²) in [6, 6.07) is 16.2. The Bertz CT molecular complexity index is 581. The highest BCUT2D eigenvalue weighted by Gasteiger charge is 2.10. The quantitative estimate of drug-likeness (QED) is 0.891. The molecule has 1 unspecified atom stereocenters. The Morgan fingerprint density at radius 1 is 1.16 bits per heavy atom. The topological polar surface area (TPSA) is 45.0 Å². The number of benzene rings is 2. The van der Waals surface area contributed by atoms with Crippen molar-refractivity contribution in [1.82, 2.24) is 5.32 Å². The zero-order valence-electron chi connectivity index (χ0n) is 11.3. The second-order valence-electron chi connectivity index (χ2n) is 4.79. The molecule has 0 saturated carbocycles. The molecule has 0 saturated heterocycles. The third-order valence-corrected chi connectivity index (χ3v) is 2.85. The van der Waals surface area contributed by atoms with Gasteiger partial charge in [0.1, 0.15) is 18.4 Å². The zero-order chi connectivity index (χ0) is 13.7. The summed E-state index contributed by atoms with van der Waals surface area (Å²) < 4.78 is 5.79. The fraction of sp³-hybridized carbons (Fsp3) is 0.312. The normalized spacial score (nSPS) is 12.3. The summed E-state index contributed by atoms with van der Waals surface area (Å²) in [6.45, 7) is 4.38. The number of rotatable bonds is 5. The van der Waals surface area contributed by atoms with Gasteiger partial charge in [-0.05, 0) is 25.3 Å². The van der Waals surface area contributed by atoms with Gasteiger partial charge in [-0.3, -0.25) is 5.32 Å². The molecule has 98 valence electrons. The lowest BCUT2D eigenvalue weighted by Crippen LogP contribution is -2.37. The Morgan fingerprint density at radius 3 is 2.63 bits per heavy atom. The van der Waals surface area contributed by atoms with Gasteiger partial charge in [0.2, 0.25) is 0 Å². The van der Waals surface area contributed by atoms with Crippen molar-refractivity contribution in [2.75, 3.05) is 6.61 Å². The molecule has 0 spiro atoms. The van der Waals surface area contributed by atoms with Crippen molar-refractivity contribution in [3.8, 4) is 11.8 Å². The Balaban J connectivity index is 2.11. The van der Waals surface area contributed by atoms with Crippen molar-refractivity contribution in [2.45, 2.75) is 25.9 Å². The highest BCUT2D eigenvalue weighted by atomic mass is 16.5. The standard InChI is InChI=1S/C16H18N2O/c1-12(2)18-14(10-17)11-19-16-9-5-7-13-6-3-4-8-15(13)16/h3-9,12,14,18H,11H2,1-2H3. The molecule has 19 heavy (non-hydrogen) atoms. The molecule has 2 aromatic rings. The molecule has 0 aliphatic rings. The molecular weight excluding hydrogens is 236 g/mol. The van der Waals surface area contributed by atoms with Crippen LogP contribution in [0.2, 0.25) is 0 Å². The Kier molecular flexibility index (Phi) is 4.38. The molecule has 0 bridgehead atoms. The van der Waals surface area contributed by atoms with Crippen LogP contribution in [0.1, 0.15) is 13.8 Å². The van der Waals surface area contributed by atoms with Gasteiger partial charge in [-0.15, -0.1) is 0 Å². The van der Waals surface area contributed by atoms with E-state index in [1.54, 1.807) is 0 Å². The van der Waals surface area contributed by atoms with Crippen LogP contribution >= 0.6 is 0 Å². The number of nitrogens with zero attached hydrogens (tertiary/aromatic N) is 1. The molecule has 3 heteroatoms. The van der Waals surface area contributed by atoms with E-state index in [0.29, 0.717) is 6.61 Å². The predicted octanol–water partition coefficient (Wildman–Crippen LogP) is 3.11. The summed E-state index contributed by atoms with van der Waals surface area (Å²) in [5.74, 6) is 0.823. The summed E-state index contributed by atoms with van der Waals surface area (Å²) in [5, 5.41) is 14.5. The number of nitrogens with one attached hydrogen (secondary N) is 1. The van der Waals surface area contributed by atoms with Crippen LogP contribution in [0.25, 0.3) is 10.8 Å². The van der Waals surface area contributed by atoms with Gasteiger partial charge in [-0.2, -0.15) is 5.26 Å². The van der Waals surface area contributed by atoms with E-state index in [2.05, 4.69) is 23.5 Å². The lowest BCUT2D eigenvalue weighted by Gasteiger charge is -2.16. The summed E-state index contributed by atoms with van der Waals surface area (Å²) in [4.78, 5) is 0. The first-order valence-corrected chi connectivity index (χ1v) is 6.47. The van der Waals surface area contributed by atoms with E-state index in [9.17, 15) is 0 Å². The number of hydrogen-bond donors (Lipinski definition) is 1. The third kappa shape index (κ3) is 3.46. The van der Waals surface area contributed by atoms with E-state index in [1.807, 2.05) is 44.2 Å². The van der Waals surface area contributed by atoms with Crippen LogP contribution in [0.3, 0.4) is 0 Å². The van der Waals surface area contributed by atoms with Crippen molar-refractivity contribution in [3.05, 3.63) is 42.5 Å². The predicted molar refractivity (Wildman–Crippen MR) is 77.1 cm³/mol. The van der Waals surface area contributed by atoms with E-state index in [1.165, 1.54) is 0 Å². The van der Waals surface area contributed by atoms with E-state index >= 15 is 0 Å². The van der Waals surface area contributed by atoms with Gasteiger partial charge in [0.05, 0.1) is 6.07 Å². The SMILES string of the molecule is CC(C)NC(C#N)COc1cccc2ccccc12. The van der Waals surface area contributed by atoms with Crippen molar-refractivity contribution in [1.29, 1.82) is 5.26 Å². The maximum Gasteiger partial charge on any atom is 0.130 e. The van der Waals surface area contributed by atoms with Crippen molar-refractivity contribution in [2.24, 2.45) is 0 Å². The molecule has 2 aromatic carbocycles. The molecule has 0 heterocycles. The first kappa shape index (κ1) is 13.4. The minimum Gasteiger partial charge on any atom is -0.490 e. The second-order valence-corrected chi connectivity index (χ2v) is 4.79. The van der Waals surface area contributed by atoms with Crippen molar-refractivity contribution < 1.29 is 4.74 Å². The fourth-order valence-corrected chi connectivity index (χ4v) is 2.02. The highest BCUT2D eigenvalue weighted by Crippen LogP contribution is 2.25. The number of nitriles is 1. The molecule has 1 N–H and O–H groups in total. The Morgan fingerprint density at radius 2 is 1.89 bits per heavy atom. The first-order chi connectivity index (χ1) is 9.20. The van der Waals surface area contributed by atoms with Crippen LogP contribution < -0.4 is 10.1 Å². The van der Waals surface area contributed by atoms with Crippen molar-refractivity contribution in [3.63, 3.8) is 0 Å². The van der Waals surface area contributed by atoms with E-state index in [0.717, 1.165) is 16.5 Å². The van der Waals surface area contributed by atoms with Crippen LogP contribution in [0.15, 0.2) is 42.5 Å². The molecule has 0 radical (unpaired) electrons. The zero-order valence-corrected chi connectivity index (χ0v) is 11.3. The highest BCUT2D eigenvalue weighted by molar-refractivity contribution is 5.88. The Labute approximate surface area is 113 Å². The lowest BCUT2D eigenvalue weighted by molar-refractivity contribution is 0.285. The molecule has 0 aliphatic heterocycles. The van der Waals surface area contributed by atoms with Crippen LogP contribution in [0.5, 0.6) is 5.75 Å². The van der Waals surface area contributed by atoms with Crippen LogP contribution in [0, 0.1) is 11.3 Å². The number of hydrogen-bond acceptors (Lipinski definition) is 3. The summed E-state index contributed by atoms with van der Waals surface area (Å²) >= 11 is 0. The van der Waals surface area contributed by atoms with Crippen LogP contribution in [-0.4, -0.2) is 18.7 Å². The molecule has 3 nitrogen and oxygen atoms in total. The number of fused-ring (bicyclic) bond motifs is 1. The van der Waals surface area contributed by atoms with Gasteiger partial charge in [0, 0.05) is 11.4 Å². The lowest BCUT2D eigenvalue weighted by atomic mass is 10.1. The van der Waals surface area contributed by atoms with E-state index in [4.69, 9.17) is 10.00 Å². The van der Waals surface area contributed by atoms with Gasteiger partial charge in [0.15, 0.2) is 0 Å². The first-order valence-electron chi connectivity index (χ1n) is 6.47. The monoisotopic (exact) mass is 254 g/mol. The summed E-state index contributed by atoms with van der Waals surface area (Å²) in [5.41, 5.74) is 0. The summed E-state index contributed by atoms with van der Waals surface area (Å²) in [7, 11) is 0. The molecule has 0 aromatic heterocycles. The van der Waals surface area contributed by atoms with Gasteiger partial charge in [-0.25, -0.2) is 0 Å². The molecule has 0 fully saturated rings. The average Bonchev–Trinajstić information content (AvgIpc) is 2.43. The minimum atomic E-state index is -0.293. The molecule has 0 aliphatic carbocycles. The molecule has 1 atom stereocenters.